The van der Waals surface area contributed by atoms with Gasteiger partial charge in [-0.1, -0.05) is 26.8 Å². The molecule has 0 aliphatic carbocycles. The van der Waals surface area contributed by atoms with E-state index >= 15 is 0 Å². The smallest absolute Gasteiger partial charge is 0.128 e. The molecule has 0 saturated heterocycles. The zero-order valence-corrected chi connectivity index (χ0v) is 14.0. The fourth-order valence-electron chi connectivity index (χ4n) is 2.85. The molecule has 2 unspecified atom stereocenters. The van der Waals surface area contributed by atoms with E-state index in [2.05, 4.69) is 39.1 Å². The molecular formula is C18H29NO2. The molecule has 21 heavy (non-hydrogen) atoms. The average molecular weight is 291 g/mol. The van der Waals surface area contributed by atoms with Gasteiger partial charge in [0.15, 0.2) is 0 Å². The van der Waals surface area contributed by atoms with Crippen molar-refractivity contribution in [2.75, 3.05) is 13.2 Å². The van der Waals surface area contributed by atoms with Crippen molar-refractivity contribution in [1.82, 2.24) is 5.32 Å². The fourth-order valence-corrected chi connectivity index (χ4v) is 2.85. The first-order chi connectivity index (χ1) is 9.99. The molecule has 0 radical (unpaired) electrons. The lowest BCUT2D eigenvalue weighted by Crippen LogP contribution is -2.42. The Morgan fingerprint density at radius 2 is 2.14 bits per heavy atom. The maximum Gasteiger partial charge on any atom is 0.128 e. The Morgan fingerprint density at radius 3 is 2.76 bits per heavy atom. The van der Waals surface area contributed by atoms with E-state index in [0.717, 1.165) is 30.9 Å². The van der Waals surface area contributed by atoms with Gasteiger partial charge in [-0.3, -0.25) is 0 Å². The van der Waals surface area contributed by atoms with Gasteiger partial charge in [0.2, 0.25) is 0 Å². The van der Waals surface area contributed by atoms with Gasteiger partial charge in [-0.25, -0.2) is 0 Å². The molecule has 2 atom stereocenters. The maximum atomic E-state index is 6.27. The minimum atomic E-state index is -0.105. The van der Waals surface area contributed by atoms with E-state index in [9.17, 15) is 0 Å². The molecule has 0 saturated carbocycles. The minimum Gasteiger partial charge on any atom is -0.493 e. The van der Waals surface area contributed by atoms with Crippen molar-refractivity contribution < 1.29 is 9.47 Å². The lowest BCUT2D eigenvalue weighted by Gasteiger charge is -2.40. The molecule has 1 aromatic rings. The predicted octanol–water partition coefficient (Wildman–Crippen LogP) is 4.32. The first-order valence-corrected chi connectivity index (χ1v) is 8.17. The minimum absolute atomic E-state index is 0.105. The molecule has 1 aliphatic heterocycles. The van der Waals surface area contributed by atoms with Crippen LogP contribution in [0.15, 0.2) is 18.2 Å². The Bertz CT molecular complexity index is 472. The maximum absolute atomic E-state index is 6.27. The Morgan fingerprint density at radius 1 is 1.38 bits per heavy atom. The van der Waals surface area contributed by atoms with Crippen LogP contribution in [-0.4, -0.2) is 18.8 Å². The van der Waals surface area contributed by atoms with Gasteiger partial charge >= 0.3 is 0 Å². The van der Waals surface area contributed by atoms with E-state index in [1.807, 2.05) is 19.1 Å². The summed E-state index contributed by atoms with van der Waals surface area (Å²) in [5.74, 6) is 2.55. The molecule has 0 amide bonds. The van der Waals surface area contributed by atoms with Gasteiger partial charge in [0.1, 0.15) is 17.1 Å². The topological polar surface area (TPSA) is 30.5 Å². The van der Waals surface area contributed by atoms with Crippen molar-refractivity contribution in [3.63, 3.8) is 0 Å². The monoisotopic (exact) mass is 291 g/mol. The molecule has 1 aliphatic rings. The summed E-state index contributed by atoms with van der Waals surface area (Å²) >= 11 is 0. The molecule has 118 valence electrons. The van der Waals surface area contributed by atoms with Crippen LogP contribution in [0.3, 0.4) is 0 Å². The molecule has 0 aromatic heterocycles. The highest BCUT2D eigenvalue weighted by atomic mass is 16.5. The van der Waals surface area contributed by atoms with Crippen LogP contribution >= 0.6 is 0 Å². The van der Waals surface area contributed by atoms with Crippen LogP contribution in [0.4, 0.5) is 0 Å². The van der Waals surface area contributed by atoms with Crippen LogP contribution in [-0.2, 0) is 0 Å². The zero-order valence-electron chi connectivity index (χ0n) is 14.0. The van der Waals surface area contributed by atoms with E-state index in [4.69, 9.17) is 9.47 Å². The normalized spacial score (nSPS) is 24.6. The highest BCUT2D eigenvalue weighted by molar-refractivity contribution is 5.49. The predicted molar refractivity (Wildman–Crippen MR) is 87.1 cm³/mol. The van der Waals surface area contributed by atoms with Crippen molar-refractivity contribution in [3.8, 4) is 11.5 Å². The molecule has 0 bridgehead atoms. The molecule has 0 fully saturated rings. The van der Waals surface area contributed by atoms with Gasteiger partial charge in [-0.2, -0.15) is 0 Å². The van der Waals surface area contributed by atoms with E-state index in [1.165, 1.54) is 5.56 Å². The van der Waals surface area contributed by atoms with Crippen LogP contribution in [0, 0.1) is 5.92 Å². The standard InChI is InChI=1S/C18H29NO2/c1-6-18(5)11-14(19-12-13(3)4)17-15(20-7-2)9-8-10-16(17)21-18/h8-10,13-14,19H,6-7,11-12H2,1-5H3. The van der Waals surface area contributed by atoms with Crippen LogP contribution in [0.5, 0.6) is 11.5 Å². The van der Waals surface area contributed by atoms with E-state index in [1.54, 1.807) is 0 Å². The second-order valence-corrected chi connectivity index (χ2v) is 6.57. The number of rotatable bonds is 6. The molecule has 3 heteroatoms. The SMILES string of the molecule is CCOc1cccc2c1C(NCC(C)C)CC(C)(CC)O2. The lowest BCUT2D eigenvalue weighted by atomic mass is 9.86. The second-order valence-electron chi connectivity index (χ2n) is 6.57. The van der Waals surface area contributed by atoms with Crippen LogP contribution < -0.4 is 14.8 Å². The summed E-state index contributed by atoms with van der Waals surface area (Å²) in [6.07, 6.45) is 1.98. The summed E-state index contributed by atoms with van der Waals surface area (Å²) in [6, 6.07) is 6.42. The summed E-state index contributed by atoms with van der Waals surface area (Å²) in [7, 11) is 0. The fraction of sp³-hybridized carbons (Fsp3) is 0.667. The van der Waals surface area contributed by atoms with Crippen LogP contribution in [0.2, 0.25) is 0 Å². The molecule has 1 aromatic carbocycles. The summed E-state index contributed by atoms with van der Waals surface area (Å²) in [6.45, 7) is 12.6. The molecule has 3 nitrogen and oxygen atoms in total. The van der Waals surface area contributed by atoms with Crippen molar-refractivity contribution in [3.05, 3.63) is 23.8 Å². The zero-order chi connectivity index (χ0) is 15.5. The number of hydrogen-bond donors (Lipinski definition) is 1. The molecule has 2 rings (SSSR count). The summed E-state index contributed by atoms with van der Waals surface area (Å²) < 4.78 is 12.1. The number of hydrogen-bond acceptors (Lipinski definition) is 3. The molecule has 1 heterocycles. The summed E-state index contributed by atoms with van der Waals surface area (Å²) in [5.41, 5.74) is 1.08. The van der Waals surface area contributed by atoms with Gasteiger partial charge in [0.25, 0.3) is 0 Å². The van der Waals surface area contributed by atoms with E-state index in [0.29, 0.717) is 18.6 Å². The van der Waals surface area contributed by atoms with Gasteiger partial charge in [-0.15, -0.1) is 0 Å². The van der Waals surface area contributed by atoms with E-state index < -0.39 is 0 Å². The third-order valence-electron chi connectivity index (χ3n) is 4.19. The largest absolute Gasteiger partial charge is 0.493 e. The number of ether oxygens (including phenoxy) is 2. The number of fused-ring (bicyclic) bond motifs is 1. The summed E-state index contributed by atoms with van der Waals surface area (Å²) in [5, 5.41) is 3.71. The van der Waals surface area contributed by atoms with E-state index in [-0.39, 0.29) is 5.60 Å². The highest BCUT2D eigenvalue weighted by Crippen LogP contribution is 2.45. The quantitative estimate of drug-likeness (QED) is 0.846. The van der Waals surface area contributed by atoms with Gasteiger partial charge in [0, 0.05) is 12.5 Å². The van der Waals surface area contributed by atoms with Gasteiger partial charge < -0.3 is 14.8 Å². The van der Waals surface area contributed by atoms with Crippen LogP contribution in [0.1, 0.15) is 59.1 Å². The second kappa shape index (κ2) is 6.69. The van der Waals surface area contributed by atoms with Gasteiger partial charge in [-0.05, 0) is 44.9 Å². The third-order valence-corrected chi connectivity index (χ3v) is 4.19. The molecule has 1 N–H and O–H groups in total. The van der Waals surface area contributed by atoms with Crippen molar-refractivity contribution >= 4 is 0 Å². The van der Waals surface area contributed by atoms with Crippen molar-refractivity contribution in [2.24, 2.45) is 5.92 Å². The Balaban J connectivity index is 2.35. The average Bonchev–Trinajstić information content (AvgIpc) is 2.45. The van der Waals surface area contributed by atoms with Gasteiger partial charge in [0.05, 0.1) is 12.2 Å². The first kappa shape index (κ1) is 16.2. The van der Waals surface area contributed by atoms with Crippen molar-refractivity contribution in [1.29, 1.82) is 0 Å². The van der Waals surface area contributed by atoms with Crippen molar-refractivity contribution in [2.45, 2.75) is 59.1 Å². The Labute approximate surface area is 129 Å². The lowest BCUT2D eigenvalue weighted by molar-refractivity contribution is 0.0425. The number of benzene rings is 1. The Hall–Kier alpha value is -1.22. The Kier molecular flexibility index (Phi) is 5.15. The third kappa shape index (κ3) is 3.70. The summed E-state index contributed by atoms with van der Waals surface area (Å²) in [4.78, 5) is 0. The highest BCUT2D eigenvalue weighted by Gasteiger charge is 2.37. The molecule has 0 spiro atoms. The molecular weight excluding hydrogens is 262 g/mol. The first-order valence-electron chi connectivity index (χ1n) is 8.17. The van der Waals surface area contributed by atoms with Crippen LogP contribution in [0.25, 0.3) is 0 Å². The number of nitrogens with one attached hydrogen (secondary N) is 1.